The summed E-state index contributed by atoms with van der Waals surface area (Å²) >= 11 is 0. The average molecular weight is 300 g/mol. The molecule has 20 heavy (non-hydrogen) atoms. The molecule has 0 unspecified atom stereocenters. The van der Waals surface area contributed by atoms with Crippen LogP contribution < -0.4 is 5.32 Å². The number of nitrogens with one attached hydrogen (secondary N) is 1. The summed E-state index contributed by atoms with van der Waals surface area (Å²) in [5.74, 6) is 0.744. The van der Waals surface area contributed by atoms with Crippen molar-refractivity contribution in [1.82, 2.24) is 10.2 Å². The number of nitrogens with zero attached hydrogens (tertiary/aromatic N) is 1. The van der Waals surface area contributed by atoms with Gasteiger partial charge in [0.2, 0.25) is 5.91 Å². The molecule has 4 atom stereocenters. The van der Waals surface area contributed by atoms with Gasteiger partial charge >= 0.3 is 0 Å². The minimum absolute atomic E-state index is 0.110. The molecule has 0 aromatic carbocycles. The molecule has 2 aliphatic heterocycles. The first-order valence-electron chi connectivity index (χ1n) is 7.62. The molecule has 1 amide bonds. The summed E-state index contributed by atoms with van der Waals surface area (Å²) in [7, 11) is -3.03. The molecule has 6 heteroatoms. The number of carbonyl (C=O) groups excluding carboxylic acids is 1. The van der Waals surface area contributed by atoms with E-state index < -0.39 is 15.1 Å². The van der Waals surface area contributed by atoms with Gasteiger partial charge in [0.1, 0.15) is 0 Å². The molecule has 1 saturated carbocycles. The van der Waals surface area contributed by atoms with E-state index in [0.29, 0.717) is 12.5 Å². The molecule has 3 aliphatic rings. The Morgan fingerprint density at radius 1 is 1.35 bits per heavy atom. The molecule has 0 aromatic heterocycles. The number of amides is 1. The van der Waals surface area contributed by atoms with E-state index in [9.17, 15) is 13.2 Å². The maximum atomic E-state index is 13.1. The van der Waals surface area contributed by atoms with Crippen LogP contribution >= 0.6 is 0 Å². The standard InChI is InChI=1S/C14H24N2O3S/c1-10-11(2)20(18,19)7-6-16(10)13(17)14-5-3-4-12(14)8-15-9-14/h10-12,15H,3-9H2,1-2H3/t10-,11+,12-,14-/m1/s1. The highest BCUT2D eigenvalue weighted by Crippen LogP contribution is 2.47. The molecule has 1 aliphatic carbocycles. The highest BCUT2D eigenvalue weighted by Gasteiger charge is 2.54. The first-order valence-corrected chi connectivity index (χ1v) is 9.33. The van der Waals surface area contributed by atoms with E-state index in [1.165, 1.54) is 0 Å². The maximum absolute atomic E-state index is 13.1. The van der Waals surface area contributed by atoms with Crippen LogP contribution in [-0.2, 0) is 14.6 Å². The molecule has 3 fully saturated rings. The Hall–Kier alpha value is -0.620. The average Bonchev–Trinajstić information content (AvgIpc) is 2.95. The molecule has 5 nitrogen and oxygen atoms in total. The zero-order valence-electron chi connectivity index (χ0n) is 12.3. The summed E-state index contributed by atoms with van der Waals surface area (Å²) in [6.07, 6.45) is 3.19. The van der Waals surface area contributed by atoms with E-state index in [0.717, 1.165) is 32.4 Å². The lowest BCUT2D eigenvalue weighted by Crippen LogP contribution is -2.58. The fraction of sp³-hybridized carbons (Fsp3) is 0.929. The molecule has 2 heterocycles. The predicted octanol–water partition coefficient (Wildman–Crippen LogP) is 0.410. The number of hydrogen-bond acceptors (Lipinski definition) is 4. The number of sulfone groups is 1. The molecule has 2 saturated heterocycles. The van der Waals surface area contributed by atoms with E-state index in [1.54, 1.807) is 6.92 Å². The minimum Gasteiger partial charge on any atom is -0.337 e. The van der Waals surface area contributed by atoms with E-state index in [4.69, 9.17) is 0 Å². The third kappa shape index (κ3) is 1.91. The molecule has 0 aromatic rings. The summed E-state index contributed by atoms with van der Waals surface area (Å²) in [5, 5.41) is 2.91. The van der Waals surface area contributed by atoms with Crippen molar-refractivity contribution in [2.45, 2.75) is 44.4 Å². The van der Waals surface area contributed by atoms with Crippen LogP contribution in [0.3, 0.4) is 0 Å². The van der Waals surface area contributed by atoms with Crippen LogP contribution in [0.15, 0.2) is 0 Å². The van der Waals surface area contributed by atoms with Crippen molar-refractivity contribution in [2.24, 2.45) is 11.3 Å². The zero-order valence-corrected chi connectivity index (χ0v) is 13.1. The van der Waals surface area contributed by atoms with Crippen LogP contribution in [0.25, 0.3) is 0 Å². The Kier molecular flexibility index (Phi) is 3.36. The van der Waals surface area contributed by atoms with Crippen molar-refractivity contribution >= 4 is 15.7 Å². The number of fused-ring (bicyclic) bond motifs is 1. The third-order valence-electron chi connectivity index (χ3n) is 5.83. The van der Waals surface area contributed by atoms with E-state index >= 15 is 0 Å². The van der Waals surface area contributed by atoms with Crippen molar-refractivity contribution in [1.29, 1.82) is 0 Å². The van der Waals surface area contributed by atoms with Crippen molar-refractivity contribution in [2.75, 3.05) is 25.4 Å². The third-order valence-corrected chi connectivity index (χ3v) is 8.11. The van der Waals surface area contributed by atoms with Gasteiger partial charge in [-0.25, -0.2) is 8.42 Å². The van der Waals surface area contributed by atoms with Crippen molar-refractivity contribution < 1.29 is 13.2 Å². The second kappa shape index (κ2) is 4.70. The van der Waals surface area contributed by atoms with Gasteiger partial charge in [-0.15, -0.1) is 0 Å². The molecule has 0 spiro atoms. The lowest BCUT2D eigenvalue weighted by atomic mass is 9.79. The van der Waals surface area contributed by atoms with Crippen molar-refractivity contribution in [3.05, 3.63) is 0 Å². The van der Waals surface area contributed by atoms with E-state index in [1.807, 2.05) is 11.8 Å². The molecule has 0 bridgehead atoms. The molecule has 114 valence electrons. The Bertz CT molecular complexity index is 507. The van der Waals surface area contributed by atoms with Crippen LogP contribution in [0.5, 0.6) is 0 Å². The summed E-state index contributed by atoms with van der Waals surface area (Å²) < 4.78 is 23.9. The smallest absolute Gasteiger partial charge is 0.230 e. The largest absolute Gasteiger partial charge is 0.337 e. The molecular weight excluding hydrogens is 276 g/mol. The number of rotatable bonds is 1. The fourth-order valence-corrected chi connectivity index (χ4v) is 5.81. The SMILES string of the molecule is C[C@@H]1[C@H](C)S(=O)(=O)CCN1C(=O)[C@@]12CCC[C@@H]1CNC2. The van der Waals surface area contributed by atoms with Crippen LogP contribution in [-0.4, -0.2) is 55.9 Å². The Balaban J connectivity index is 1.85. The van der Waals surface area contributed by atoms with Gasteiger partial charge in [0.25, 0.3) is 0 Å². The molecule has 3 rings (SSSR count). The number of hydrogen-bond donors (Lipinski definition) is 1. The van der Waals surface area contributed by atoms with E-state index in [2.05, 4.69) is 5.32 Å². The highest BCUT2D eigenvalue weighted by atomic mass is 32.2. The second-order valence-corrected chi connectivity index (χ2v) is 9.16. The van der Waals surface area contributed by atoms with Gasteiger partial charge in [-0.3, -0.25) is 4.79 Å². The van der Waals surface area contributed by atoms with Crippen molar-refractivity contribution in [3.8, 4) is 0 Å². The topological polar surface area (TPSA) is 66.5 Å². The van der Waals surface area contributed by atoms with Gasteiger partial charge in [0.15, 0.2) is 9.84 Å². The first kappa shape index (κ1) is 14.3. The summed E-state index contributed by atoms with van der Waals surface area (Å²) in [6.45, 7) is 5.67. The van der Waals surface area contributed by atoms with E-state index in [-0.39, 0.29) is 23.1 Å². The zero-order chi connectivity index (χ0) is 14.5. The Morgan fingerprint density at radius 2 is 2.10 bits per heavy atom. The Morgan fingerprint density at radius 3 is 2.85 bits per heavy atom. The van der Waals surface area contributed by atoms with Crippen LogP contribution in [0.2, 0.25) is 0 Å². The molecule has 0 radical (unpaired) electrons. The monoisotopic (exact) mass is 300 g/mol. The molecule has 1 N–H and O–H groups in total. The summed E-state index contributed by atoms with van der Waals surface area (Å²) in [5.41, 5.74) is -0.255. The normalized spacial score (nSPS) is 43.5. The Labute approximate surface area is 121 Å². The second-order valence-electron chi connectivity index (χ2n) is 6.69. The lowest BCUT2D eigenvalue weighted by molar-refractivity contribution is -0.144. The lowest BCUT2D eigenvalue weighted by Gasteiger charge is -2.42. The van der Waals surface area contributed by atoms with Crippen LogP contribution in [0.1, 0.15) is 33.1 Å². The highest BCUT2D eigenvalue weighted by molar-refractivity contribution is 7.92. The minimum atomic E-state index is -3.03. The van der Waals surface area contributed by atoms with Gasteiger partial charge in [-0.05, 0) is 39.2 Å². The maximum Gasteiger partial charge on any atom is 0.230 e. The number of carbonyl (C=O) groups is 1. The summed E-state index contributed by atoms with van der Waals surface area (Å²) in [6, 6.07) is -0.211. The van der Waals surface area contributed by atoms with Gasteiger partial charge in [0.05, 0.1) is 16.4 Å². The van der Waals surface area contributed by atoms with Gasteiger partial charge < -0.3 is 10.2 Å². The van der Waals surface area contributed by atoms with Gasteiger partial charge in [0, 0.05) is 19.1 Å². The van der Waals surface area contributed by atoms with Gasteiger partial charge in [-0.2, -0.15) is 0 Å². The van der Waals surface area contributed by atoms with Crippen LogP contribution in [0.4, 0.5) is 0 Å². The van der Waals surface area contributed by atoms with Gasteiger partial charge in [-0.1, -0.05) is 6.42 Å². The summed E-state index contributed by atoms with van der Waals surface area (Å²) in [4.78, 5) is 14.9. The quantitative estimate of drug-likeness (QED) is 0.762. The predicted molar refractivity (Wildman–Crippen MR) is 77.1 cm³/mol. The fourth-order valence-electron chi connectivity index (χ4n) is 4.24. The molecular formula is C14H24N2O3S. The van der Waals surface area contributed by atoms with Crippen molar-refractivity contribution in [3.63, 3.8) is 0 Å². The first-order chi connectivity index (χ1) is 9.38. The van der Waals surface area contributed by atoms with Crippen LogP contribution in [0, 0.1) is 11.3 Å².